The van der Waals surface area contributed by atoms with E-state index in [1.165, 1.54) is 0 Å². The van der Waals surface area contributed by atoms with Crippen LogP contribution in [0.2, 0.25) is 0 Å². The number of benzene rings is 1. The largest absolute Gasteiger partial charge is 0.461 e. The first-order chi connectivity index (χ1) is 13.0. The minimum Gasteiger partial charge on any atom is -0.461 e. The Balaban J connectivity index is 1.42. The van der Waals surface area contributed by atoms with Crippen molar-refractivity contribution >= 4 is 22.8 Å². The number of hydrogen-bond acceptors (Lipinski definition) is 5. The highest BCUT2D eigenvalue weighted by atomic mass is 16.3. The van der Waals surface area contributed by atoms with Crippen molar-refractivity contribution in [1.82, 2.24) is 9.80 Å². The molecule has 2 saturated heterocycles. The van der Waals surface area contributed by atoms with E-state index in [9.17, 15) is 9.59 Å². The number of nitrogens with two attached hydrogens (primary N) is 1. The number of hydrogen-bond donors (Lipinski definition) is 1. The van der Waals surface area contributed by atoms with Gasteiger partial charge >= 0.3 is 0 Å². The second-order valence-corrected chi connectivity index (χ2v) is 7.36. The third-order valence-corrected chi connectivity index (χ3v) is 5.58. The van der Waals surface area contributed by atoms with Gasteiger partial charge in [-0.15, -0.1) is 0 Å². The van der Waals surface area contributed by atoms with E-state index in [1.807, 2.05) is 12.1 Å². The maximum Gasteiger partial charge on any atom is 0.248 e. The molecule has 2 N–H and O–H groups in total. The molecule has 2 amide bonds. The molecule has 27 heavy (non-hydrogen) atoms. The predicted molar refractivity (Wildman–Crippen MR) is 98.9 cm³/mol. The SMILES string of the molecule is N#C[C@@H]1CCCN1C(=O)CN1CC[C@H](c2cc3ccc(C(N)=O)cc3o2)C1. The molecule has 2 fully saturated rings. The lowest BCUT2D eigenvalue weighted by atomic mass is 10.1. The number of likely N-dealkylation sites (tertiary alicyclic amines) is 2. The highest BCUT2D eigenvalue weighted by Crippen LogP contribution is 2.32. The first-order valence-corrected chi connectivity index (χ1v) is 9.30. The molecule has 2 atom stereocenters. The molecule has 0 aliphatic carbocycles. The number of rotatable bonds is 4. The molecule has 1 aromatic heterocycles. The number of fused-ring (bicyclic) bond motifs is 1. The average Bonchev–Trinajstić information content (AvgIpc) is 3.38. The second kappa shape index (κ2) is 7.05. The van der Waals surface area contributed by atoms with Crippen molar-refractivity contribution in [3.05, 3.63) is 35.6 Å². The van der Waals surface area contributed by atoms with Crippen molar-refractivity contribution in [1.29, 1.82) is 5.26 Å². The maximum absolute atomic E-state index is 12.5. The first kappa shape index (κ1) is 17.6. The Morgan fingerprint density at radius 3 is 2.89 bits per heavy atom. The maximum atomic E-state index is 12.5. The Kier molecular flexibility index (Phi) is 4.58. The molecule has 140 valence electrons. The van der Waals surface area contributed by atoms with Gasteiger partial charge in [-0.2, -0.15) is 5.26 Å². The van der Waals surface area contributed by atoms with E-state index < -0.39 is 5.91 Å². The van der Waals surface area contributed by atoms with Gasteiger partial charge in [0.05, 0.1) is 12.6 Å². The van der Waals surface area contributed by atoms with Crippen LogP contribution < -0.4 is 5.73 Å². The minimum absolute atomic E-state index is 0.0374. The van der Waals surface area contributed by atoms with Crippen LogP contribution in [0.5, 0.6) is 0 Å². The van der Waals surface area contributed by atoms with Crippen molar-refractivity contribution in [2.45, 2.75) is 31.2 Å². The zero-order chi connectivity index (χ0) is 19.0. The van der Waals surface area contributed by atoms with Gasteiger partial charge in [-0.3, -0.25) is 14.5 Å². The molecule has 3 heterocycles. The van der Waals surface area contributed by atoms with Gasteiger partial charge in [0.1, 0.15) is 17.4 Å². The van der Waals surface area contributed by atoms with Gasteiger partial charge in [0.2, 0.25) is 11.8 Å². The summed E-state index contributed by atoms with van der Waals surface area (Å²) in [5.74, 6) is 0.651. The Hall–Kier alpha value is -2.85. The van der Waals surface area contributed by atoms with Crippen LogP contribution in [0.1, 0.15) is 41.3 Å². The smallest absolute Gasteiger partial charge is 0.248 e. The molecule has 0 bridgehead atoms. The third-order valence-electron chi connectivity index (χ3n) is 5.58. The number of nitrogens with zero attached hydrogens (tertiary/aromatic N) is 3. The van der Waals surface area contributed by atoms with Gasteiger partial charge in [0.15, 0.2) is 0 Å². The van der Waals surface area contributed by atoms with E-state index in [0.29, 0.717) is 24.2 Å². The zero-order valence-electron chi connectivity index (χ0n) is 15.1. The zero-order valence-corrected chi connectivity index (χ0v) is 15.1. The van der Waals surface area contributed by atoms with Gasteiger partial charge in [-0.1, -0.05) is 6.07 Å². The van der Waals surface area contributed by atoms with E-state index in [-0.39, 0.29) is 17.9 Å². The average molecular weight is 366 g/mol. The fourth-order valence-electron chi connectivity index (χ4n) is 4.10. The molecule has 2 aliphatic heterocycles. The van der Waals surface area contributed by atoms with Crippen LogP contribution in [-0.2, 0) is 4.79 Å². The fourth-order valence-corrected chi connectivity index (χ4v) is 4.10. The predicted octanol–water partition coefficient (Wildman–Crippen LogP) is 1.84. The molecular weight excluding hydrogens is 344 g/mol. The number of carbonyl (C=O) groups excluding carboxylic acids is 2. The van der Waals surface area contributed by atoms with Crippen LogP contribution in [0, 0.1) is 11.3 Å². The van der Waals surface area contributed by atoms with Crippen molar-refractivity contribution in [2.75, 3.05) is 26.2 Å². The minimum atomic E-state index is -0.474. The summed E-state index contributed by atoms with van der Waals surface area (Å²) in [6.07, 6.45) is 2.59. The Bertz CT molecular complexity index is 929. The number of furan rings is 1. The molecule has 0 spiro atoms. The molecule has 4 rings (SSSR count). The highest BCUT2D eigenvalue weighted by Gasteiger charge is 2.32. The number of carbonyl (C=O) groups is 2. The molecular formula is C20H22N4O3. The normalized spacial score (nSPS) is 23.0. The van der Waals surface area contributed by atoms with Crippen LogP contribution in [-0.4, -0.2) is 53.8 Å². The van der Waals surface area contributed by atoms with Gasteiger partial charge < -0.3 is 15.1 Å². The molecule has 0 saturated carbocycles. The van der Waals surface area contributed by atoms with Crippen molar-refractivity contribution in [2.24, 2.45) is 5.73 Å². The van der Waals surface area contributed by atoms with Crippen LogP contribution in [0.4, 0.5) is 0 Å². The van der Waals surface area contributed by atoms with Crippen LogP contribution in [0.25, 0.3) is 11.0 Å². The van der Waals surface area contributed by atoms with E-state index >= 15 is 0 Å². The standard InChI is InChI=1S/C20H22N4O3/c21-10-16-2-1-6-24(16)19(25)12-23-7-5-15(11-23)18-8-13-3-4-14(20(22)26)9-17(13)27-18/h3-4,8-9,15-16H,1-2,5-7,11-12H2,(H2,22,26)/t15-,16-/m0/s1. The van der Waals surface area contributed by atoms with Gasteiger partial charge in [-0.25, -0.2) is 0 Å². The molecule has 7 nitrogen and oxygen atoms in total. The molecule has 7 heteroatoms. The number of primary amides is 1. The summed E-state index contributed by atoms with van der Waals surface area (Å²) in [4.78, 5) is 27.7. The molecule has 2 aliphatic rings. The Labute approximate surface area is 157 Å². The summed E-state index contributed by atoms with van der Waals surface area (Å²) in [5.41, 5.74) is 6.41. The number of nitriles is 1. The summed E-state index contributed by atoms with van der Waals surface area (Å²) in [6.45, 7) is 2.60. The van der Waals surface area contributed by atoms with Crippen LogP contribution >= 0.6 is 0 Å². The van der Waals surface area contributed by atoms with E-state index in [1.54, 1.807) is 17.0 Å². The van der Waals surface area contributed by atoms with Crippen molar-refractivity contribution < 1.29 is 14.0 Å². The Morgan fingerprint density at radius 2 is 2.11 bits per heavy atom. The molecule has 2 aromatic rings. The second-order valence-electron chi connectivity index (χ2n) is 7.36. The van der Waals surface area contributed by atoms with E-state index in [4.69, 9.17) is 15.4 Å². The van der Waals surface area contributed by atoms with Crippen molar-refractivity contribution in [3.63, 3.8) is 0 Å². The lowest BCUT2D eigenvalue weighted by molar-refractivity contribution is -0.132. The quantitative estimate of drug-likeness (QED) is 0.889. The third kappa shape index (κ3) is 3.40. The summed E-state index contributed by atoms with van der Waals surface area (Å²) in [7, 11) is 0. The van der Waals surface area contributed by atoms with Crippen LogP contribution in [0.15, 0.2) is 28.7 Å². The van der Waals surface area contributed by atoms with Crippen LogP contribution in [0.3, 0.4) is 0 Å². The van der Waals surface area contributed by atoms with Crippen molar-refractivity contribution in [3.8, 4) is 6.07 Å². The molecule has 0 unspecified atom stereocenters. The summed E-state index contributed by atoms with van der Waals surface area (Å²) in [6, 6.07) is 9.16. The molecule has 1 aromatic carbocycles. The van der Waals surface area contributed by atoms with E-state index in [2.05, 4.69) is 11.0 Å². The van der Waals surface area contributed by atoms with Gasteiger partial charge in [0.25, 0.3) is 0 Å². The highest BCUT2D eigenvalue weighted by molar-refractivity contribution is 5.96. The topological polar surface area (TPSA) is 104 Å². The lowest BCUT2D eigenvalue weighted by Gasteiger charge is -2.23. The lowest BCUT2D eigenvalue weighted by Crippen LogP contribution is -2.41. The summed E-state index contributed by atoms with van der Waals surface area (Å²) < 4.78 is 5.96. The number of amides is 2. The summed E-state index contributed by atoms with van der Waals surface area (Å²) in [5, 5.41) is 10.1. The molecule has 0 radical (unpaired) electrons. The Morgan fingerprint density at radius 1 is 1.26 bits per heavy atom. The first-order valence-electron chi connectivity index (χ1n) is 9.30. The fraction of sp³-hybridized carbons (Fsp3) is 0.450. The van der Waals surface area contributed by atoms with Gasteiger partial charge in [0, 0.05) is 30.0 Å². The monoisotopic (exact) mass is 366 g/mol. The van der Waals surface area contributed by atoms with E-state index in [0.717, 1.165) is 43.5 Å². The van der Waals surface area contributed by atoms with Gasteiger partial charge in [-0.05, 0) is 44.0 Å². The summed E-state index contributed by atoms with van der Waals surface area (Å²) >= 11 is 0.